The van der Waals surface area contributed by atoms with Gasteiger partial charge < -0.3 is 5.73 Å². The third kappa shape index (κ3) is 6.17. The van der Waals surface area contributed by atoms with Crippen molar-refractivity contribution in [1.82, 2.24) is 4.98 Å². The average molecular weight is 378 g/mol. The van der Waals surface area contributed by atoms with Crippen LogP contribution in [0.2, 0.25) is 0 Å². The van der Waals surface area contributed by atoms with Crippen LogP contribution in [0.15, 0.2) is 71.3 Å². The van der Waals surface area contributed by atoms with E-state index in [4.69, 9.17) is 5.73 Å². The molecule has 0 fully saturated rings. The van der Waals surface area contributed by atoms with Crippen molar-refractivity contribution >= 4 is 32.2 Å². The second-order valence-electron chi connectivity index (χ2n) is 5.13. The highest BCUT2D eigenvalue weighted by Gasteiger charge is 2.14. The van der Waals surface area contributed by atoms with Gasteiger partial charge in [-0.2, -0.15) is 0 Å². The quantitative estimate of drug-likeness (QED) is 0.528. The molecule has 0 bridgehead atoms. The van der Waals surface area contributed by atoms with E-state index in [1.165, 1.54) is 48.2 Å². The van der Waals surface area contributed by atoms with Gasteiger partial charge in [-0.1, -0.05) is 13.0 Å². The Labute approximate surface area is 152 Å². The molecule has 0 aliphatic heterocycles. The number of rotatable bonds is 5. The van der Waals surface area contributed by atoms with Crippen molar-refractivity contribution in [3.8, 4) is 0 Å². The predicted octanol–water partition coefficient (Wildman–Crippen LogP) is 2.91. The lowest BCUT2D eigenvalue weighted by molar-refractivity contribution is -0.697. The van der Waals surface area contributed by atoms with Crippen molar-refractivity contribution in [2.24, 2.45) is 0 Å². The third-order valence-electron chi connectivity index (χ3n) is 3.10. The number of benzene rings is 1. The van der Waals surface area contributed by atoms with Crippen LogP contribution in [-0.2, 0) is 16.6 Å². The Kier molecular flexibility index (Phi) is 6.91. The number of nitrogens with two attached hydrogens (primary N) is 1. The molecular weight excluding hydrogens is 356 g/mol. The molecule has 0 radical (unpaired) electrons. The van der Waals surface area contributed by atoms with E-state index in [2.05, 4.69) is 45.7 Å². The van der Waals surface area contributed by atoms with Crippen molar-refractivity contribution in [1.29, 1.82) is 0 Å². The summed E-state index contributed by atoms with van der Waals surface area (Å²) in [6, 6.07) is 12.1. The average Bonchev–Trinajstić information content (AvgIpc) is 3.09. The first-order valence-corrected chi connectivity index (χ1v) is 10.1. The molecule has 0 aliphatic rings. The first-order valence-electron chi connectivity index (χ1n) is 7.73. The smallest absolute Gasteiger partial charge is 0.263 e. The summed E-state index contributed by atoms with van der Waals surface area (Å²) < 4.78 is 28.2. The molecule has 6 nitrogen and oxygen atoms in total. The van der Waals surface area contributed by atoms with E-state index in [-0.39, 0.29) is 4.90 Å². The standard InChI is InChI=1S/C9H9N3O2S2.C8H12N/c10-7-1-3-8(4-2-7)16(13,14)12-9-11-5-6-15-9;1-2-6-9-7-4-3-5-8-9/h1-6H,10H2,(H,11,12);3-5,7-8H,2,6H2,1H3/q;+1. The van der Waals surface area contributed by atoms with E-state index in [0.717, 1.165) is 6.54 Å². The van der Waals surface area contributed by atoms with E-state index in [1.54, 1.807) is 5.38 Å². The molecule has 25 heavy (non-hydrogen) atoms. The summed E-state index contributed by atoms with van der Waals surface area (Å²) in [5.74, 6) is 0. The maximum Gasteiger partial charge on any atom is 0.263 e. The Bertz CT molecular complexity index is 849. The number of hydrogen-bond acceptors (Lipinski definition) is 5. The van der Waals surface area contributed by atoms with E-state index in [1.807, 2.05) is 6.07 Å². The first kappa shape index (κ1) is 18.9. The van der Waals surface area contributed by atoms with Crippen LogP contribution in [0.25, 0.3) is 0 Å². The Hall–Kier alpha value is -2.45. The van der Waals surface area contributed by atoms with Crippen LogP contribution < -0.4 is 15.0 Å². The van der Waals surface area contributed by atoms with Gasteiger partial charge in [0.1, 0.15) is 6.54 Å². The lowest BCUT2D eigenvalue weighted by atomic mass is 10.3. The number of pyridine rings is 1. The van der Waals surface area contributed by atoms with Crippen LogP contribution in [0, 0.1) is 0 Å². The molecule has 0 amide bonds. The Morgan fingerprint density at radius 2 is 1.84 bits per heavy atom. The monoisotopic (exact) mass is 377 g/mol. The van der Waals surface area contributed by atoms with E-state index in [9.17, 15) is 8.42 Å². The molecule has 3 N–H and O–H groups in total. The van der Waals surface area contributed by atoms with Crippen molar-refractivity contribution in [2.45, 2.75) is 24.8 Å². The van der Waals surface area contributed by atoms with Crippen LogP contribution in [0.4, 0.5) is 10.8 Å². The molecular formula is C17H21N4O2S2+. The predicted molar refractivity (Wildman–Crippen MR) is 101 cm³/mol. The third-order valence-corrected chi connectivity index (χ3v) is 5.28. The Balaban J connectivity index is 0.000000212. The molecule has 0 spiro atoms. The maximum absolute atomic E-state index is 11.8. The first-order chi connectivity index (χ1) is 12.0. The summed E-state index contributed by atoms with van der Waals surface area (Å²) in [6.07, 6.45) is 6.91. The largest absolute Gasteiger partial charge is 0.399 e. The van der Waals surface area contributed by atoms with Gasteiger partial charge >= 0.3 is 0 Å². The Morgan fingerprint density at radius 3 is 2.40 bits per heavy atom. The molecule has 3 aromatic rings. The van der Waals surface area contributed by atoms with Crippen LogP contribution in [0.3, 0.4) is 0 Å². The highest BCUT2D eigenvalue weighted by Crippen LogP contribution is 2.18. The number of hydrogen-bond donors (Lipinski definition) is 2. The zero-order chi connectivity index (χ0) is 18.1. The summed E-state index contributed by atoms with van der Waals surface area (Å²) in [5, 5.41) is 2.04. The summed E-state index contributed by atoms with van der Waals surface area (Å²) in [7, 11) is -3.56. The summed E-state index contributed by atoms with van der Waals surface area (Å²) in [6.45, 7) is 3.31. The number of nitrogen functional groups attached to an aromatic ring is 1. The summed E-state index contributed by atoms with van der Waals surface area (Å²) in [5.41, 5.74) is 6.00. The minimum atomic E-state index is -3.56. The van der Waals surface area contributed by atoms with Gasteiger partial charge in [-0.3, -0.25) is 4.72 Å². The van der Waals surface area contributed by atoms with E-state index < -0.39 is 10.0 Å². The minimum absolute atomic E-state index is 0.164. The fourth-order valence-electron chi connectivity index (χ4n) is 1.94. The highest BCUT2D eigenvalue weighted by molar-refractivity contribution is 7.93. The van der Waals surface area contributed by atoms with Gasteiger partial charge in [0.05, 0.1) is 4.90 Å². The number of thiazole rings is 1. The molecule has 0 unspecified atom stereocenters. The number of aromatic nitrogens is 2. The second-order valence-corrected chi connectivity index (χ2v) is 7.70. The number of sulfonamides is 1. The van der Waals surface area contributed by atoms with Gasteiger partial charge in [0, 0.05) is 35.8 Å². The van der Waals surface area contributed by atoms with E-state index >= 15 is 0 Å². The molecule has 2 heterocycles. The lowest BCUT2D eigenvalue weighted by Gasteiger charge is -2.04. The van der Waals surface area contributed by atoms with Crippen LogP contribution in [-0.4, -0.2) is 13.4 Å². The van der Waals surface area contributed by atoms with Gasteiger partial charge in [-0.05, 0) is 24.3 Å². The number of anilines is 2. The van der Waals surface area contributed by atoms with Crippen molar-refractivity contribution in [3.05, 3.63) is 66.4 Å². The van der Waals surface area contributed by atoms with Gasteiger partial charge in [0.25, 0.3) is 10.0 Å². The SMILES string of the molecule is CCC[n+]1ccccc1.Nc1ccc(S(=O)(=O)Nc2nccs2)cc1. The molecule has 132 valence electrons. The zero-order valence-electron chi connectivity index (χ0n) is 13.9. The molecule has 2 aromatic heterocycles. The van der Waals surface area contributed by atoms with Gasteiger partial charge in [-0.25, -0.2) is 18.0 Å². The van der Waals surface area contributed by atoms with Gasteiger partial charge in [0.15, 0.2) is 17.5 Å². The van der Waals surface area contributed by atoms with Crippen LogP contribution in [0.5, 0.6) is 0 Å². The fourth-order valence-corrected chi connectivity index (χ4v) is 3.73. The molecule has 0 saturated heterocycles. The lowest BCUT2D eigenvalue weighted by Crippen LogP contribution is -2.31. The van der Waals surface area contributed by atoms with Crippen molar-refractivity contribution in [3.63, 3.8) is 0 Å². The minimum Gasteiger partial charge on any atom is -0.399 e. The topological polar surface area (TPSA) is 89.0 Å². The number of nitrogens with zero attached hydrogens (tertiary/aromatic N) is 2. The molecule has 0 atom stereocenters. The zero-order valence-corrected chi connectivity index (χ0v) is 15.5. The highest BCUT2D eigenvalue weighted by atomic mass is 32.2. The normalized spacial score (nSPS) is 10.6. The fraction of sp³-hybridized carbons (Fsp3) is 0.176. The molecule has 0 aliphatic carbocycles. The van der Waals surface area contributed by atoms with Crippen molar-refractivity contribution in [2.75, 3.05) is 10.5 Å². The van der Waals surface area contributed by atoms with Crippen molar-refractivity contribution < 1.29 is 13.0 Å². The van der Waals surface area contributed by atoms with Crippen LogP contribution >= 0.6 is 11.3 Å². The molecule has 8 heteroatoms. The number of nitrogens with one attached hydrogen (secondary N) is 1. The summed E-state index contributed by atoms with van der Waals surface area (Å²) in [4.78, 5) is 4.01. The van der Waals surface area contributed by atoms with Crippen LogP contribution in [0.1, 0.15) is 13.3 Å². The molecule has 1 aromatic carbocycles. The van der Waals surface area contributed by atoms with Gasteiger partial charge in [-0.15, -0.1) is 11.3 Å². The number of aryl methyl sites for hydroxylation is 1. The summed E-state index contributed by atoms with van der Waals surface area (Å²) >= 11 is 1.22. The van der Waals surface area contributed by atoms with E-state index in [0.29, 0.717) is 10.8 Å². The molecule has 0 saturated carbocycles. The Morgan fingerprint density at radius 1 is 1.16 bits per heavy atom. The molecule has 3 rings (SSSR count). The maximum atomic E-state index is 11.8. The van der Waals surface area contributed by atoms with Gasteiger partial charge in [0.2, 0.25) is 0 Å². The second kappa shape index (κ2) is 9.14.